The lowest BCUT2D eigenvalue weighted by Crippen LogP contribution is -2.17. The molecule has 0 aliphatic carbocycles. The van der Waals surface area contributed by atoms with Crippen LogP contribution >= 0.6 is 0 Å². The van der Waals surface area contributed by atoms with Crippen LogP contribution in [0.3, 0.4) is 0 Å². The predicted octanol–water partition coefficient (Wildman–Crippen LogP) is 0.533. The number of hydrogen-bond donors (Lipinski definition) is 1. The topological polar surface area (TPSA) is 51.0 Å². The summed E-state index contributed by atoms with van der Waals surface area (Å²) in [6, 6.07) is 0. The van der Waals surface area contributed by atoms with Crippen LogP contribution in [0.25, 0.3) is 0 Å². The van der Waals surface area contributed by atoms with Gasteiger partial charge in [0.15, 0.2) is 5.82 Å². The highest BCUT2D eigenvalue weighted by atomic mass is 16.5. The molecule has 1 N–H and O–H groups in total. The summed E-state index contributed by atoms with van der Waals surface area (Å²) in [6.45, 7) is 5.16. The van der Waals surface area contributed by atoms with E-state index in [0.717, 1.165) is 13.0 Å². The van der Waals surface area contributed by atoms with Gasteiger partial charge in [0.25, 0.3) is 0 Å². The maximum absolute atomic E-state index is 4.93. The molecule has 13 heavy (non-hydrogen) atoms. The largest absolute Gasteiger partial charge is 0.339 e. The van der Waals surface area contributed by atoms with Crippen LogP contribution in [0.4, 0.5) is 0 Å². The van der Waals surface area contributed by atoms with Crippen molar-refractivity contribution in [1.82, 2.24) is 15.5 Å². The third kappa shape index (κ3) is 3.72. The van der Waals surface area contributed by atoms with Gasteiger partial charge in [-0.2, -0.15) is 4.98 Å². The van der Waals surface area contributed by atoms with Crippen LogP contribution in [0.1, 0.15) is 18.6 Å². The maximum atomic E-state index is 4.93. The number of nitrogens with zero attached hydrogens (tertiary/aromatic N) is 2. The van der Waals surface area contributed by atoms with Crippen molar-refractivity contribution < 1.29 is 4.52 Å². The van der Waals surface area contributed by atoms with E-state index >= 15 is 0 Å². The molecule has 70 valence electrons. The number of rotatable bonds is 4. The lowest BCUT2D eigenvalue weighted by Gasteiger charge is -1.94. The van der Waals surface area contributed by atoms with Crippen LogP contribution in [0.2, 0.25) is 0 Å². The zero-order chi connectivity index (χ0) is 9.52. The minimum atomic E-state index is 0.675. The lowest BCUT2D eigenvalue weighted by molar-refractivity contribution is 0.373. The molecule has 1 rings (SSSR count). The second-order valence-electron chi connectivity index (χ2n) is 2.59. The Hall–Kier alpha value is -1.34. The van der Waals surface area contributed by atoms with E-state index in [0.29, 0.717) is 18.3 Å². The summed E-state index contributed by atoms with van der Waals surface area (Å²) >= 11 is 0. The SMILES string of the molecule is CC#CCNCCc1nc(C)no1. The van der Waals surface area contributed by atoms with Gasteiger partial charge in [-0.1, -0.05) is 11.1 Å². The van der Waals surface area contributed by atoms with E-state index < -0.39 is 0 Å². The van der Waals surface area contributed by atoms with E-state index in [1.54, 1.807) is 0 Å². The first kappa shape index (κ1) is 9.75. The highest BCUT2D eigenvalue weighted by molar-refractivity contribution is 4.97. The number of aryl methyl sites for hydroxylation is 1. The standard InChI is InChI=1S/C9H13N3O/c1-3-4-6-10-7-5-9-11-8(2)12-13-9/h10H,5-7H2,1-2H3. The van der Waals surface area contributed by atoms with Crippen molar-refractivity contribution in [3.05, 3.63) is 11.7 Å². The van der Waals surface area contributed by atoms with Crippen molar-refractivity contribution >= 4 is 0 Å². The van der Waals surface area contributed by atoms with E-state index in [9.17, 15) is 0 Å². The van der Waals surface area contributed by atoms with Crippen molar-refractivity contribution in [2.45, 2.75) is 20.3 Å². The van der Waals surface area contributed by atoms with Gasteiger partial charge in [0, 0.05) is 13.0 Å². The first-order valence-corrected chi connectivity index (χ1v) is 4.22. The van der Waals surface area contributed by atoms with E-state index in [-0.39, 0.29) is 0 Å². The Morgan fingerprint density at radius 1 is 1.54 bits per heavy atom. The average Bonchev–Trinajstić information content (AvgIpc) is 2.51. The molecule has 4 heteroatoms. The van der Waals surface area contributed by atoms with Gasteiger partial charge >= 0.3 is 0 Å². The van der Waals surface area contributed by atoms with Gasteiger partial charge in [-0.25, -0.2) is 0 Å². The highest BCUT2D eigenvalue weighted by Crippen LogP contribution is 1.94. The molecule has 0 unspecified atom stereocenters. The molecule has 0 aliphatic heterocycles. The molecule has 0 aliphatic rings. The fourth-order valence-corrected chi connectivity index (χ4v) is 0.876. The van der Waals surface area contributed by atoms with Crippen LogP contribution in [-0.4, -0.2) is 23.2 Å². The Morgan fingerprint density at radius 3 is 3.00 bits per heavy atom. The highest BCUT2D eigenvalue weighted by Gasteiger charge is 2.00. The van der Waals surface area contributed by atoms with Crippen LogP contribution < -0.4 is 5.32 Å². The van der Waals surface area contributed by atoms with Crippen molar-refractivity contribution in [2.75, 3.05) is 13.1 Å². The fraction of sp³-hybridized carbons (Fsp3) is 0.556. The zero-order valence-corrected chi connectivity index (χ0v) is 7.92. The van der Waals surface area contributed by atoms with Crippen LogP contribution in [0, 0.1) is 18.8 Å². The number of hydrogen-bond acceptors (Lipinski definition) is 4. The molecular weight excluding hydrogens is 166 g/mol. The molecule has 0 saturated heterocycles. The minimum Gasteiger partial charge on any atom is -0.339 e. The van der Waals surface area contributed by atoms with E-state index in [1.807, 2.05) is 13.8 Å². The van der Waals surface area contributed by atoms with Gasteiger partial charge in [-0.05, 0) is 13.8 Å². The summed E-state index contributed by atoms with van der Waals surface area (Å²) in [5, 5.41) is 6.83. The first-order chi connectivity index (χ1) is 6.33. The second-order valence-corrected chi connectivity index (χ2v) is 2.59. The molecule has 0 saturated carbocycles. The molecule has 0 aromatic carbocycles. The number of aromatic nitrogens is 2. The van der Waals surface area contributed by atoms with Gasteiger partial charge in [-0.3, -0.25) is 0 Å². The summed E-state index contributed by atoms with van der Waals surface area (Å²) < 4.78 is 4.93. The van der Waals surface area contributed by atoms with E-state index in [1.165, 1.54) is 0 Å². The third-order valence-electron chi connectivity index (χ3n) is 1.48. The molecule has 1 aromatic rings. The Kier molecular flexibility index (Phi) is 4.00. The summed E-state index contributed by atoms with van der Waals surface area (Å²) in [6.07, 6.45) is 0.756. The van der Waals surface area contributed by atoms with Crippen LogP contribution in [0.15, 0.2) is 4.52 Å². The molecular formula is C9H13N3O. The molecule has 1 aromatic heterocycles. The molecule has 0 fully saturated rings. The molecule has 1 heterocycles. The Morgan fingerprint density at radius 2 is 2.38 bits per heavy atom. The molecule has 4 nitrogen and oxygen atoms in total. The van der Waals surface area contributed by atoms with Crippen molar-refractivity contribution in [1.29, 1.82) is 0 Å². The van der Waals surface area contributed by atoms with Gasteiger partial charge < -0.3 is 9.84 Å². The summed E-state index contributed by atoms with van der Waals surface area (Å²) in [5.74, 6) is 7.08. The summed E-state index contributed by atoms with van der Waals surface area (Å²) in [7, 11) is 0. The third-order valence-corrected chi connectivity index (χ3v) is 1.48. The molecule has 0 amide bonds. The summed E-state index contributed by atoms with van der Waals surface area (Å²) in [5.41, 5.74) is 0. The molecule has 0 radical (unpaired) electrons. The monoisotopic (exact) mass is 179 g/mol. The normalized spacial score (nSPS) is 9.38. The molecule has 0 atom stereocenters. The average molecular weight is 179 g/mol. The van der Waals surface area contributed by atoms with Crippen molar-refractivity contribution in [3.63, 3.8) is 0 Å². The van der Waals surface area contributed by atoms with E-state index in [2.05, 4.69) is 27.3 Å². The Balaban J connectivity index is 2.15. The maximum Gasteiger partial charge on any atom is 0.227 e. The minimum absolute atomic E-state index is 0.675. The lowest BCUT2D eigenvalue weighted by atomic mass is 10.4. The van der Waals surface area contributed by atoms with Gasteiger partial charge in [0.1, 0.15) is 0 Å². The van der Waals surface area contributed by atoms with Crippen molar-refractivity contribution in [2.24, 2.45) is 0 Å². The van der Waals surface area contributed by atoms with Gasteiger partial charge in [0.05, 0.1) is 6.54 Å². The quantitative estimate of drug-likeness (QED) is 0.541. The van der Waals surface area contributed by atoms with Crippen LogP contribution in [0.5, 0.6) is 0 Å². The Labute approximate surface area is 77.7 Å². The molecule has 0 spiro atoms. The smallest absolute Gasteiger partial charge is 0.227 e. The Bertz CT molecular complexity index is 308. The zero-order valence-electron chi connectivity index (χ0n) is 7.92. The first-order valence-electron chi connectivity index (χ1n) is 4.22. The van der Waals surface area contributed by atoms with Crippen molar-refractivity contribution in [3.8, 4) is 11.8 Å². The fourth-order valence-electron chi connectivity index (χ4n) is 0.876. The van der Waals surface area contributed by atoms with E-state index in [4.69, 9.17) is 4.52 Å². The molecule has 0 bridgehead atoms. The van der Waals surface area contributed by atoms with Gasteiger partial charge in [0.2, 0.25) is 5.89 Å². The summed E-state index contributed by atoms with van der Waals surface area (Å²) in [4.78, 5) is 4.07. The number of nitrogens with one attached hydrogen (secondary N) is 1. The van der Waals surface area contributed by atoms with Gasteiger partial charge in [-0.15, -0.1) is 5.92 Å². The second kappa shape index (κ2) is 5.33. The van der Waals surface area contributed by atoms with Crippen LogP contribution in [-0.2, 0) is 6.42 Å². The predicted molar refractivity (Wildman–Crippen MR) is 49.1 cm³/mol.